The van der Waals surface area contributed by atoms with Gasteiger partial charge < -0.3 is 15.2 Å². The van der Waals surface area contributed by atoms with Gasteiger partial charge in [0, 0.05) is 12.1 Å². The number of phenolic OH excluding ortho intramolecular Hbond substituents is 1. The highest BCUT2D eigenvalue weighted by Crippen LogP contribution is 2.16. The zero-order valence-corrected chi connectivity index (χ0v) is 9.82. The summed E-state index contributed by atoms with van der Waals surface area (Å²) in [6.07, 6.45) is 0.138. The topological polar surface area (TPSA) is 75.6 Å². The van der Waals surface area contributed by atoms with Gasteiger partial charge in [-0.2, -0.15) is 0 Å². The zero-order chi connectivity index (χ0) is 12.8. The molecule has 0 unspecified atom stereocenters. The van der Waals surface area contributed by atoms with Crippen LogP contribution < -0.4 is 5.32 Å². The van der Waals surface area contributed by atoms with Crippen molar-refractivity contribution in [2.75, 3.05) is 13.7 Å². The minimum Gasteiger partial charge on any atom is -0.508 e. The number of carbonyl (C=O) groups excluding carboxylic acids is 2. The van der Waals surface area contributed by atoms with Gasteiger partial charge in [0.05, 0.1) is 13.5 Å². The first-order chi connectivity index (χ1) is 8.04. The molecule has 92 valence electrons. The zero-order valence-electron chi connectivity index (χ0n) is 9.82. The number of benzene rings is 1. The van der Waals surface area contributed by atoms with Crippen LogP contribution in [-0.4, -0.2) is 30.6 Å². The van der Waals surface area contributed by atoms with Gasteiger partial charge in [0.25, 0.3) is 5.91 Å². The molecule has 1 aromatic rings. The van der Waals surface area contributed by atoms with E-state index in [9.17, 15) is 14.7 Å². The van der Waals surface area contributed by atoms with E-state index in [1.54, 1.807) is 13.0 Å². The highest BCUT2D eigenvalue weighted by atomic mass is 16.5. The Morgan fingerprint density at radius 3 is 2.71 bits per heavy atom. The summed E-state index contributed by atoms with van der Waals surface area (Å²) in [6, 6.07) is 4.57. The van der Waals surface area contributed by atoms with Crippen LogP contribution in [0.5, 0.6) is 5.75 Å². The van der Waals surface area contributed by atoms with Gasteiger partial charge >= 0.3 is 5.97 Å². The van der Waals surface area contributed by atoms with E-state index in [4.69, 9.17) is 0 Å². The quantitative estimate of drug-likeness (QED) is 0.766. The van der Waals surface area contributed by atoms with Gasteiger partial charge in [-0.3, -0.25) is 9.59 Å². The predicted octanol–water partition coefficient (Wildman–Crippen LogP) is 0.994. The molecule has 0 saturated heterocycles. The molecule has 1 amide bonds. The minimum absolute atomic E-state index is 0.138. The molecule has 5 heteroatoms. The molecule has 2 N–H and O–H groups in total. The molecule has 0 atom stereocenters. The Morgan fingerprint density at radius 1 is 1.41 bits per heavy atom. The van der Waals surface area contributed by atoms with E-state index in [-0.39, 0.29) is 30.6 Å². The Hall–Kier alpha value is -2.04. The summed E-state index contributed by atoms with van der Waals surface area (Å²) >= 11 is 0. The fraction of sp³-hybridized carbons (Fsp3) is 0.333. The average molecular weight is 237 g/mol. The first kappa shape index (κ1) is 13.0. The summed E-state index contributed by atoms with van der Waals surface area (Å²) in [6.45, 7) is 1.94. The Morgan fingerprint density at radius 2 is 2.12 bits per heavy atom. The van der Waals surface area contributed by atoms with Gasteiger partial charge in [0.15, 0.2) is 0 Å². The van der Waals surface area contributed by atoms with E-state index >= 15 is 0 Å². The van der Waals surface area contributed by atoms with Crippen LogP contribution in [0.15, 0.2) is 18.2 Å². The van der Waals surface area contributed by atoms with Crippen LogP contribution in [0.4, 0.5) is 0 Å². The fourth-order valence-corrected chi connectivity index (χ4v) is 1.28. The van der Waals surface area contributed by atoms with Gasteiger partial charge in [0.1, 0.15) is 5.75 Å². The number of carbonyl (C=O) groups is 2. The molecule has 0 aliphatic rings. The van der Waals surface area contributed by atoms with E-state index in [1.807, 2.05) is 0 Å². The number of aryl methyl sites for hydroxylation is 1. The maximum Gasteiger partial charge on any atom is 0.307 e. The molecule has 5 nitrogen and oxygen atoms in total. The lowest BCUT2D eigenvalue weighted by Crippen LogP contribution is -2.26. The third-order valence-corrected chi connectivity index (χ3v) is 2.30. The molecule has 0 radical (unpaired) electrons. The van der Waals surface area contributed by atoms with Crippen molar-refractivity contribution in [3.8, 4) is 5.75 Å². The second-order valence-electron chi connectivity index (χ2n) is 3.58. The number of nitrogens with one attached hydrogen (secondary N) is 1. The fourth-order valence-electron chi connectivity index (χ4n) is 1.28. The van der Waals surface area contributed by atoms with Crippen molar-refractivity contribution in [1.29, 1.82) is 0 Å². The van der Waals surface area contributed by atoms with Gasteiger partial charge in [-0.05, 0) is 30.7 Å². The molecule has 0 fully saturated rings. The van der Waals surface area contributed by atoms with Crippen molar-refractivity contribution in [2.45, 2.75) is 13.3 Å². The Labute approximate surface area is 99.4 Å². The van der Waals surface area contributed by atoms with E-state index in [1.165, 1.54) is 19.2 Å². The van der Waals surface area contributed by atoms with E-state index in [2.05, 4.69) is 10.1 Å². The van der Waals surface area contributed by atoms with E-state index < -0.39 is 0 Å². The molecule has 0 spiro atoms. The van der Waals surface area contributed by atoms with Gasteiger partial charge in [-0.25, -0.2) is 0 Å². The van der Waals surface area contributed by atoms with Crippen LogP contribution in [-0.2, 0) is 9.53 Å². The first-order valence-electron chi connectivity index (χ1n) is 5.19. The van der Waals surface area contributed by atoms with Crippen LogP contribution >= 0.6 is 0 Å². The van der Waals surface area contributed by atoms with Crippen LogP contribution in [0.25, 0.3) is 0 Å². The Balaban J connectivity index is 2.52. The van der Waals surface area contributed by atoms with Crippen molar-refractivity contribution < 1.29 is 19.4 Å². The van der Waals surface area contributed by atoms with Crippen molar-refractivity contribution in [2.24, 2.45) is 0 Å². The van der Waals surface area contributed by atoms with Gasteiger partial charge in [-0.1, -0.05) is 0 Å². The SMILES string of the molecule is COC(=O)CCNC(=O)c1ccc(O)c(C)c1. The van der Waals surface area contributed by atoms with E-state index in [0.29, 0.717) is 11.1 Å². The van der Waals surface area contributed by atoms with Crippen LogP contribution in [0.3, 0.4) is 0 Å². The number of aromatic hydroxyl groups is 1. The van der Waals surface area contributed by atoms with Crippen molar-refractivity contribution in [3.05, 3.63) is 29.3 Å². The number of rotatable bonds is 4. The number of ether oxygens (including phenoxy) is 1. The molecule has 1 rings (SSSR count). The summed E-state index contributed by atoms with van der Waals surface area (Å²) in [5.41, 5.74) is 1.08. The van der Waals surface area contributed by atoms with Crippen molar-refractivity contribution >= 4 is 11.9 Å². The normalized spacial score (nSPS) is 9.76. The molecule has 1 aromatic carbocycles. The van der Waals surface area contributed by atoms with Crippen LogP contribution in [0.1, 0.15) is 22.3 Å². The first-order valence-corrected chi connectivity index (χ1v) is 5.19. The smallest absolute Gasteiger partial charge is 0.307 e. The molecule has 0 saturated carbocycles. The molecule has 0 aliphatic heterocycles. The monoisotopic (exact) mass is 237 g/mol. The van der Waals surface area contributed by atoms with Crippen LogP contribution in [0, 0.1) is 6.92 Å². The lowest BCUT2D eigenvalue weighted by Gasteiger charge is -2.06. The second-order valence-corrected chi connectivity index (χ2v) is 3.58. The van der Waals surface area contributed by atoms with Crippen molar-refractivity contribution in [1.82, 2.24) is 5.32 Å². The standard InChI is InChI=1S/C12H15NO4/c1-8-7-9(3-4-10(8)14)12(16)13-6-5-11(15)17-2/h3-4,7,14H,5-6H2,1-2H3,(H,13,16). The van der Waals surface area contributed by atoms with Gasteiger partial charge in [0.2, 0.25) is 0 Å². The highest BCUT2D eigenvalue weighted by Gasteiger charge is 2.08. The number of esters is 1. The number of hydrogen-bond acceptors (Lipinski definition) is 4. The molecule has 0 aromatic heterocycles. The Bertz CT molecular complexity index is 429. The second kappa shape index (κ2) is 5.89. The lowest BCUT2D eigenvalue weighted by atomic mass is 10.1. The minimum atomic E-state index is -0.368. The summed E-state index contributed by atoms with van der Waals surface area (Å²) in [5, 5.41) is 11.9. The molecule has 0 heterocycles. The Kier molecular flexibility index (Phi) is 4.51. The summed E-state index contributed by atoms with van der Waals surface area (Å²) in [4.78, 5) is 22.5. The van der Waals surface area contributed by atoms with Gasteiger partial charge in [-0.15, -0.1) is 0 Å². The maximum absolute atomic E-state index is 11.6. The van der Waals surface area contributed by atoms with E-state index in [0.717, 1.165) is 0 Å². The summed E-state index contributed by atoms with van der Waals surface area (Å²) in [7, 11) is 1.30. The highest BCUT2D eigenvalue weighted by molar-refractivity contribution is 5.94. The number of amides is 1. The maximum atomic E-state index is 11.6. The molecular formula is C12H15NO4. The van der Waals surface area contributed by atoms with Crippen LogP contribution in [0.2, 0.25) is 0 Å². The molecule has 0 bridgehead atoms. The average Bonchev–Trinajstić information content (AvgIpc) is 2.32. The third-order valence-electron chi connectivity index (χ3n) is 2.30. The number of phenols is 1. The molecule has 0 aliphatic carbocycles. The number of hydrogen-bond donors (Lipinski definition) is 2. The predicted molar refractivity (Wildman–Crippen MR) is 61.8 cm³/mol. The summed E-state index contributed by atoms with van der Waals surface area (Å²) < 4.78 is 4.45. The molecular weight excluding hydrogens is 222 g/mol. The largest absolute Gasteiger partial charge is 0.508 e. The molecule has 17 heavy (non-hydrogen) atoms. The number of methoxy groups -OCH3 is 1. The third kappa shape index (κ3) is 3.79. The lowest BCUT2D eigenvalue weighted by molar-refractivity contribution is -0.140. The summed E-state index contributed by atoms with van der Waals surface area (Å²) in [5.74, 6) is -0.500. The van der Waals surface area contributed by atoms with Crippen molar-refractivity contribution in [3.63, 3.8) is 0 Å².